The lowest BCUT2D eigenvalue weighted by atomic mass is 9.98. The van der Waals surface area contributed by atoms with E-state index in [0.29, 0.717) is 0 Å². The fourth-order valence-corrected chi connectivity index (χ4v) is 7.44. The fourth-order valence-electron chi connectivity index (χ4n) is 7.44. The van der Waals surface area contributed by atoms with Crippen LogP contribution in [-0.2, 0) is 80.0 Å². The normalized spacial score (nSPS) is 13.7. The van der Waals surface area contributed by atoms with Crippen LogP contribution in [0.25, 0.3) is 11.1 Å². The number of hydrogen-bond donors (Lipinski definition) is 5. The van der Waals surface area contributed by atoms with E-state index in [9.17, 15) is 43.2 Å². The van der Waals surface area contributed by atoms with Gasteiger partial charge in [-0.05, 0) is 54.2 Å². The number of ketones is 2. The van der Waals surface area contributed by atoms with Gasteiger partial charge in [-0.2, -0.15) is 0 Å². The van der Waals surface area contributed by atoms with Gasteiger partial charge in [0.2, 0.25) is 23.6 Å². The van der Waals surface area contributed by atoms with E-state index in [4.69, 9.17) is 29.4 Å². The summed E-state index contributed by atoms with van der Waals surface area (Å²) in [7, 11) is 0. The molecule has 4 aromatic carbocycles. The second kappa shape index (κ2) is 31.2. The summed E-state index contributed by atoms with van der Waals surface area (Å²) in [5.41, 5.74) is 11.6. The van der Waals surface area contributed by atoms with Crippen LogP contribution < -0.4 is 27.0 Å². The van der Waals surface area contributed by atoms with Gasteiger partial charge in [0.25, 0.3) is 0 Å². The van der Waals surface area contributed by atoms with Crippen LogP contribution in [0.2, 0.25) is 0 Å². The SMILES string of the molecule is C[C@H](CC(=O)[C@H](C)NC(=O)[C@H](C)CC(=O)OCC1c2ccccc2-c2ccccc21)C(=O)NCOCC(=O)OCc1ccccc1.C[C@H](N)C(=O)N[C@@H](C)C(=O)C[C@@H](C)C(=O)NCOCC(=O)OCc1ccccc1. The first kappa shape index (κ1) is 59.9. The predicted octanol–water partition coefficient (Wildman–Crippen LogP) is 4.57. The molecule has 6 atom stereocenters. The smallest absolute Gasteiger partial charge is 0.332 e. The highest BCUT2D eigenvalue weighted by Crippen LogP contribution is 2.44. The molecule has 0 radical (unpaired) electrons. The van der Waals surface area contributed by atoms with Gasteiger partial charge in [0, 0.05) is 36.5 Å². The number of hydrogen-bond acceptors (Lipinski definition) is 15. The zero-order chi connectivity index (χ0) is 54.9. The molecule has 75 heavy (non-hydrogen) atoms. The lowest BCUT2D eigenvalue weighted by molar-refractivity contribution is -0.151. The average molecular weight is 1040 g/mol. The third kappa shape index (κ3) is 20.7. The second-order valence-electron chi connectivity index (χ2n) is 18.3. The van der Waals surface area contributed by atoms with Gasteiger partial charge < -0.3 is 50.7 Å². The molecular weight excluding hydrogens is 967 g/mol. The molecule has 0 fully saturated rings. The van der Waals surface area contributed by atoms with Crippen LogP contribution in [0.3, 0.4) is 0 Å². The van der Waals surface area contributed by atoms with Crippen LogP contribution in [0.15, 0.2) is 109 Å². The van der Waals surface area contributed by atoms with Gasteiger partial charge in [-0.15, -0.1) is 0 Å². The van der Waals surface area contributed by atoms with E-state index in [0.717, 1.165) is 33.4 Å². The van der Waals surface area contributed by atoms with Crippen molar-refractivity contribution < 1.29 is 66.8 Å². The monoisotopic (exact) mass is 1040 g/mol. The number of carbonyl (C=O) groups excluding carboxylic acids is 9. The van der Waals surface area contributed by atoms with Crippen molar-refractivity contribution in [3.63, 3.8) is 0 Å². The molecule has 19 heteroatoms. The number of ether oxygens (including phenoxy) is 5. The van der Waals surface area contributed by atoms with Gasteiger partial charge in [-0.3, -0.25) is 33.6 Å². The molecule has 0 saturated heterocycles. The molecule has 0 spiro atoms. The van der Waals surface area contributed by atoms with Crippen molar-refractivity contribution >= 4 is 53.1 Å². The molecule has 6 N–H and O–H groups in total. The summed E-state index contributed by atoms with van der Waals surface area (Å²) in [5.74, 6) is -6.09. The van der Waals surface area contributed by atoms with Gasteiger partial charge >= 0.3 is 17.9 Å². The summed E-state index contributed by atoms with van der Waals surface area (Å²) in [4.78, 5) is 110. The molecule has 5 rings (SSSR count). The van der Waals surface area contributed by atoms with Crippen LogP contribution in [0, 0.1) is 17.8 Å². The van der Waals surface area contributed by atoms with Gasteiger partial charge in [0.15, 0.2) is 11.6 Å². The second-order valence-corrected chi connectivity index (χ2v) is 18.3. The highest BCUT2D eigenvalue weighted by atomic mass is 16.6. The topological polar surface area (TPSA) is 274 Å². The third-order valence-corrected chi connectivity index (χ3v) is 11.9. The van der Waals surface area contributed by atoms with E-state index in [2.05, 4.69) is 33.4 Å². The van der Waals surface area contributed by atoms with Gasteiger partial charge in [0.1, 0.15) is 46.5 Å². The summed E-state index contributed by atoms with van der Waals surface area (Å²) >= 11 is 0. The molecule has 0 heterocycles. The number of fused-ring (bicyclic) bond motifs is 3. The maximum absolute atomic E-state index is 12.8. The van der Waals surface area contributed by atoms with Crippen LogP contribution in [0.5, 0.6) is 0 Å². The highest BCUT2D eigenvalue weighted by Gasteiger charge is 2.30. The number of Topliss-reactive ketones (excluding diaryl/α,β-unsaturated/α-hetero) is 2. The molecule has 1 aliphatic rings. The van der Waals surface area contributed by atoms with Crippen molar-refractivity contribution in [1.82, 2.24) is 21.3 Å². The number of amides is 4. The minimum Gasteiger partial charge on any atom is -0.465 e. The van der Waals surface area contributed by atoms with Gasteiger partial charge in [-0.1, -0.05) is 130 Å². The van der Waals surface area contributed by atoms with E-state index in [1.165, 1.54) is 20.8 Å². The predicted molar refractivity (Wildman–Crippen MR) is 275 cm³/mol. The quantitative estimate of drug-likeness (QED) is 0.0226. The molecule has 0 aromatic heterocycles. The molecular formula is C56H69N5O14. The average Bonchev–Trinajstić information content (AvgIpc) is 3.72. The number of nitrogens with two attached hydrogens (primary N) is 1. The number of esters is 3. The molecule has 0 saturated carbocycles. The Morgan fingerprint density at radius 1 is 0.467 bits per heavy atom. The first-order chi connectivity index (χ1) is 35.8. The largest absolute Gasteiger partial charge is 0.465 e. The van der Waals surface area contributed by atoms with E-state index >= 15 is 0 Å². The van der Waals surface area contributed by atoms with E-state index < -0.39 is 77.4 Å². The number of rotatable bonds is 28. The van der Waals surface area contributed by atoms with Gasteiger partial charge in [-0.25, -0.2) is 9.59 Å². The minimum absolute atomic E-state index is 0.0502. The lowest BCUT2D eigenvalue weighted by Gasteiger charge is -2.19. The molecule has 19 nitrogen and oxygen atoms in total. The van der Waals surface area contributed by atoms with Crippen molar-refractivity contribution in [2.24, 2.45) is 23.5 Å². The summed E-state index contributed by atoms with van der Waals surface area (Å²) in [6, 6.07) is 32.2. The number of benzene rings is 4. The maximum Gasteiger partial charge on any atom is 0.332 e. The van der Waals surface area contributed by atoms with Crippen LogP contribution in [0.4, 0.5) is 0 Å². The third-order valence-electron chi connectivity index (χ3n) is 11.9. The Morgan fingerprint density at radius 2 is 0.853 bits per heavy atom. The summed E-state index contributed by atoms with van der Waals surface area (Å²) in [6.07, 6.45) is -0.306. The van der Waals surface area contributed by atoms with Crippen molar-refractivity contribution in [3.05, 3.63) is 131 Å². The summed E-state index contributed by atoms with van der Waals surface area (Å²) < 4.78 is 26.0. The van der Waals surface area contributed by atoms with Crippen molar-refractivity contribution in [1.29, 1.82) is 0 Å². The highest BCUT2D eigenvalue weighted by molar-refractivity contribution is 5.94. The van der Waals surface area contributed by atoms with Gasteiger partial charge in [0.05, 0.1) is 24.5 Å². The molecule has 0 unspecified atom stereocenters. The Labute approximate surface area is 437 Å². The van der Waals surface area contributed by atoms with Crippen molar-refractivity contribution in [2.45, 2.75) is 98.1 Å². The Balaban J connectivity index is 0.000000362. The van der Waals surface area contributed by atoms with E-state index in [1.807, 2.05) is 97.1 Å². The minimum atomic E-state index is -0.858. The number of carbonyl (C=O) groups is 9. The van der Waals surface area contributed by atoms with Crippen molar-refractivity contribution in [2.75, 3.05) is 33.3 Å². The molecule has 402 valence electrons. The summed E-state index contributed by atoms with van der Waals surface area (Å²) in [5, 5.41) is 10.1. The Hall–Kier alpha value is -7.61. The zero-order valence-electron chi connectivity index (χ0n) is 43.3. The fraction of sp³-hybridized carbons (Fsp3) is 0.411. The van der Waals surface area contributed by atoms with Crippen LogP contribution in [0.1, 0.15) is 89.0 Å². The maximum atomic E-state index is 12.8. The van der Waals surface area contributed by atoms with E-state index in [1.54, 1.807) is 20.8 Å². The molecule has 0 aliphatic heterocycles. The Kier molecular flexibility index (Phi) is 24.9. The Bertz CT molecular complexity index is 2510. The standard InChI is InChI=1S/C36H40N2O8.C20H29N3O6/c1-23(35(42)37-22-44-21-34(41)45-19-26-11-5-4-6-12-26)17-32(39)25(3)38-36(43)24(2)18-33(40)46-20-31-29-15-9-7-13-27(29)28-14-8-10-16-30(28)31;1-13(9-17(24)15(3)23-20(27)14(2)21)19(26)22-12-28-11-18(25)29-10-16-7-5-4-6-8-16/h4-16,23-25,31H,17-22H2,1-3H3,(H,37,42)(H,38,43);4-8,13-15H,9-12,21H2,1-3H3,(H,22,26)(H,23,27)/t23-,24-,25+;13-,14+,15+/m11/s1. The molecule has 1 aliphatic carbocycles. The van der Waals surface area contributed by atoms with Crippen molar-refractivity contribution in [3.8, 4) is 11.1 Å². The first-order valence-electron chi connectivity index (χ1n) is 24.7. The molecule has 4 aromatic rings. The lowest BCUT2D eigenvalue weighted by Crippen LogP contribution is -2.46. The first-order valence-corrected chi connectivity index (χ1v) is 24.7. The number of nitrogens with one attached hydrogen (secondary N) is 4. The van der Waals surface area contributed by atoms with Crippen LogP contribution in [-0.4, -0.2) is 105 Å². The Morgan fingerprint density at radius 3 is 1.28 bits per heavy atom. The molecule has 4 amide bonds. The van der Waals surface area contributed by atoms with Crippen LogP contribution >= 0.6 is 0 Å². The molecule has 0 bridgehead atoms. The zero-order valence-corrected chi connectivity index (χ0v) is 43.3. The summed E-state index contributed by atoms with van der Waals surface area (Å²) in [6.45, 7) is 8.74. The van der Waals surface area contributed by atoms with E-state index in [-0.39, 0.29) is 83.2 Å².